The van der Waals surface area contributed by atoms with Crippen LogP contribution in [0.1, 0.15) is 32.8 Å². The van der Waals surface area contributed by atoms with Gasteiger partial charge in [-0.05, 0) is 38.0 Å². The zero-order chi connectivity index (χ0) is 13.8. The molecule has 2 aromatic rings. The summed E-state index contributed by atoms with van der Waals surface area (Å²) in [5.74, 6) is 0.565. The van der Waals surface area contributed by atoms with Crippen molar-refractivity contribution in [3.05, 3.63) is 17.7 Å². The van der Waals surface area contributed by atoms with Crippen molar-refractivity contribution >= 4 is 28.6 Å². The third-order valence-corrected chi connectivity index (χ3v) is 3.81. The second kappa shape index (κ2) is 3.73. The minimum absolute atomic E-state index is 0.157. The van der Waals surface area contributed by atoms with Crippen molar-refractivity contribution in [2.24, 2.45) is 0 Å². The van der Waals surface area contributed by atoms with Gasteiger partial charge in [0.2, 0.25) is 5.91 Å². The molecule has 0 saturated carbocycles. The molecule has 19 heavy (non-hydrogen) atoms. The zero-order valence-electron chi connectivity index (χ0n) is 11.4. The minimum Gasteiger partial charge on any atom is -0.369 e. The van der Waals surface area contributed by atoms with E-state index in [9.17, 15) is 4.79 Å². The number of aromatic amines is 1. The standard InChI is InChI=1S/C14H18N4O/c1-4-5-18-11-7-10-9(16-13(15)17-10)6-8(11)14(2,3)12(18)19/h6-7H,4-5H2,1-3H3,(H3,15,16,17). The maximum absolute atomic E-state index is 12.5. The Hall–Kier alpha value is -2.04. The molecule has 1 amide bonds. The fraction of sp³-hybridized carbons (Fsp3) is 0.429. The number of H-pyrrole nitrogens is 1. The second-order valence-electron chi connectivity index (χ2n) is 5.59. The van der Waals surface area contributed by atoms with Crippen molar-refractivity contribution in [3.8, 4) is 0 Å². The summed E-state index contributed by atoms with van der Waals surface area (Å²) in [6, 6.07) is 3.96. The van der Waals surface area contributed by atoms with E-state index in [4.69, 9.17) is 5.73 Å². The molecule has 0 unspecified atom stereocenters. The topological polar surface area (TPSA) is 75.0 Å². The number of nitrogens with one attached hydrogen (secondary N) is 1. The lowest BCUT2D eigenvalue weighted by molar-refractivity contribution is -0.122. The number of nitrogens with zero attached hydrogens (tertiary/aromatic N) is 2. The van der Waals surface area contributed by atoms with Crippen LogP contribution in [0.3, 0.4) is 0 Å². The molecule has 0 bridgehead atoms. The predicted octanol–water partition coefficient (Wildman–Crippen LogP) is 2.18. The summed E-state index contributed by atoms with van der Waals surface area (Å²) in [4.78, 5) is 21.6. The van der Waals surface area contributed by atoms with E-state index in [1.807, 2.05) is 30.9 Å². The van der Waals surface area contributed by atoms with Crippen LogP contribution in [0.2, 0.25) is 0 Å². The molecule has 5 nitrogen and oxygen atoms in total. The Balaban J connectivity index is 2.26. The summed E-state index contributed by atoms with van der Waals surface area (Å²) in [6.07, 6.45) is 0.933. The first-order chi connectivity index (χ1) is 8.95. The highest BCUT2D eigenvalue weighted by Crippen LogP contribution is 2.43. The molecule has 0 aliphatic carbocycles. The lowest BCUT2D eigenvalue weighted by Gasteiger charge is -2.19. The molecular formula is C14H18N4O. The third-order valence-electron chi connectivity index (χ3n) is 3.81. The van der Waals surface area contributed by atoms with Crippen molar-refractivity contribution in [1.82, 2.24) is 9.97 Å². The zero-order valence-corrected chi connectivity index (χ0v) is 11.4. The monoisotopic (exact) mass is 258 g/mol. The molecule has 3 N–H and O–H groups in total. The van der Waals surface area contributed by atoms with Crippen LogP contribution in [0.5, 0.6) is 0 Å². The molecule has 1 aromatic carbocycles. The maximum atomic E-state index is 12.5. The number of hydrogen-bond acceptors (Lipinski definition) is 3. The van der Waals surface area contributed by atoms with Gasteiger partial charge in [0.15, 0.2) is 5.95 Å². The van der Waals surface area contributed by atoms with Crippen LogP contribution in [0, 0.1) is 0 Å². The van der Waals surface area contributed by atoms with Crippen molar-refractivity contribution in [2.45, 2.75) is 32.6 Å². The van der Waals surface area contributed by atoms with Gasteiger partial charge in [-0.1, -0.05) is 6.92 Å². The van der Waals surface area contributed by atoms with Crippen molar-refractivity contribution in [1.29, 1.82) is 0 Å². The van der Waals surface area contributed by atoms with Gasteiger partial charge in [0, 0.05) is 6.54 Å². The molecule has 3 rings (SSSR count). The van der Waals surface area contributed by atoms with Crippen LogP contribution in [-0.4, -0.2) is 22.4 Å². The van der Waals surface area contributed by atoms with Crippen molar-refractivity contribution in [3.63, 3.8) is 0 Å². The van der Waals surface area contributed by atoms with E-state index < -0.39 is 5.41 Å². The summed E-state index contributed by atoms with van der Waals surface area (Å²) in [7, 11) is 0. The normalized spacial score (nSPS) is 17.2. The SMILES string of the molecule is CCCN1C(=O)C(C)(C)c2cc3[nH]c(N)nc3cc21. The average Bonchev–Trinajstić information content (AvgIpc) is 2.79. The van der Waals surface area contributed by atoms with Crippen molar-refractivity contribution < 1.29 is 4.79 Å². The van der Waals surface area contributed by atoms with E-state index >= 15 is 0 Å². The molecule has 0 fully saturated rings. The lowest BCUT2D eigenvalue weighted by atomic mass is 9.86. The summed E-state index contributed by atoms with van der Waals surface area (Å²) >= 11 is 0. The minimum atomic E-state index is -0.488. The van der Waals surface area contributed by atoms with Crippen LogP contribution in [0.4, 0.5) is 11.6 Å². The van der Waals surface area contributed by atoms with E-state index in [-0.39, 0.29) is 5.91 Å². The van der Waals surface area contributed by atoms with E-state index in [1.54, 1.807) is 0 Å². The smallest absolute Gasteiger partial charge is 0.237 e. The molecule has 0 atom stereocenters. The Labute approximate surface area is 111 Å². The number of aromatic nitrogens is 2. The first-order valence-electron chi connectivity index (χ1n) is 6.57. The Morgan fingerprint density at radius 1 is 1.42 bits per heavy atom. The number of nitrogen functional groups attached to an aromatic ring is 1. The quantitative estimate of drug-likeness (QED) is 0.867. The van der Waals surface area contributed by atoms with Gasteiger partial charge >= 0.3 is 0 Å². The first kappa shape index (κ1) is 12.0. The van der Waals surface area contributed by atoms with E-state index in [0.717, 1.165) is 35.2 Å². The second-order valence-corrected chi connectivity index (χ2v) is 5.59. The first-order valence-corrected chi connectivity index (χ1v) is 6.57. The number of carbonyl (C=O) groups is 1. The van der Waals surface area contributed by atoms with Crippen LogP contribution in [0.15, 0.2) is 12.1 Å². The number of hydrogen-bond donors (Lipinski definition) is 2. The lowest BCUT2D eigenvalue weighted by Crippen LogP contribution is -2.36. The Kier molecular flexibility index (Phi) is 2.36. The predicted molar refractivity (Wildman–Crippen MR) is 76.2 cm³/mol. The van der Waals surface area contributed by atoms with Gasteiger partial charge in [0.25, 0.3) is 0 Å². The van der Waals surface area contributed by atoms with Crippen LogP contribution in [0.25, 0.3) is 11.0 Å². The number of nitrogens with two attached hydrogens (primary N) is 1. The number of benzene rings is 1. The summed E-state index contributed by atoms with van der Waals surface area (Å²) in [5, 5.41) is 0. The summed E-state index contributed by atoms with van der Waals surface area (Å²) < 4.78 is 0. The highest BCUT2D eigenvalue weighted by molar-refractivity contribution is 6.09. The van der Waals surface area contributed by atoms with Gasteiger partial charge in [-0.15, -0.1) is 0 Å². The Bertz CT molecular complexity index is 671. The summed E-state index contributed by atoms with van der Waals surface area (Å²) in [5.41, 5.74) is 8.91. The molecule has 1 aromatic heterocycles. The summed E-state index contributed by atoms with van der Waals surface area (Å²) in [6.45, 7) is 6.74. The third kappa shape index (κ3) is 1.54. The molecule has 0 radical (unpaired) electrons. The van der Waals surface area contributed by atoms with Gasteiger partial charge < -0.3 is 15.6 Å². The number of amides is 1. The molecule has 5 heteroatoms. The molecule has 0 spiro atoms. The number of imidazole rings is 1. The Morgan fingerprint density at radius 3 is 2.84 bits per heavy atom. The van der Waals surface area contributed by atoms with Crippen LogP contribution in [-0.2, 0) is 10.2 Å². The fourth-order valence-corrected chi connectivity index (χ4v) is 2.80. The molecule has 1 aliphatic rings. The average molecular weight is 258 g/mol. The van der Waals surface area contributed by atoms with Crippen LogP contribution >= 0.6 is 0 Å². The number of anilines is 2. The van der Waals surface area contributed by atoms with Crippen molar-refractivity contribution in [2.75, 3.05) is 17.2 Å². The molecule has 0 saturated heterocycles. The molecular weight excluding hydrogens is 240 g/mol. The van der Waals surface area contributed by atoms with E-state index in [2.05, 4.69) is 16.9 Å². The van der Waals surface area contributed by atoms with E-state index in [0.29, 0.717) is 5.95 Å². The number of rotatable bonds is 2. The van der Waals surface area contributed by atoms with Gasteiger partial charge in [0.1, 0.15) is 0 Å². The van der Waals surface area contributed by atoms with Crippen LogP contribution < -0.4 is 10.6 Å². The Morgan fingerprint density at radius 2 is 2.16 bits per heavy atom. The molecule has 2 heterocycles. The highest BCUT2D eigenvalue weighted by atomic mass is 16.2. The number of fused-ring (bicyclic) bond motifs is 2. The highest BCUT2D eigenvalue weighted by Gasteiger charge is 2.43. The number of carbonyl (C=O) groups excluding carboxylic acids is 1. The van der Waals surface area contributed by atoms with E-state index in [1.165, 1.54) is 0 Å². The fourth-order valence-electron chi connectivity index (χ4n) is 2.80. The van der Waals surface area contributed by atoms with Gasteiger partial charge in [-0.25, -0.2) is 4.98 Å². The molecule has 100 valence electrons. The maximum Gasteiger partial charge on any atom is 0.237 e. The van der Waals surface area contributed by atoms with Gasteiger partial charge in [-0.2, -0.15) is 0 Å². The van der Waals surface area contributed by atoms with Gasteiger partial charge in [-0.3, -0.25) is 4.79 Å². The molecule has 1 aliphatic heterocycles. The van der Waals surface area contributed by atoms with Gasteiger partial charge in [0.05, 0.1) is 22.1 Å². The largest absolute Gasteiger partial charge is 0.369 e.